The summed E-state index contributed by atoms with van der Waals surface area (Å²) in [5.74, 6) is 0. The molecule has 0 aromatic heterocycles. The van der Waals surface area contributed by atoms with Crippen molar-refractivity contribution in [1.29, 1.82) is 0 Å². The minimum Gasteiger partial charge on any atom is -0.450 e. The van der Waals surface area contributed by atoms with Crippen molar-refractivity contribution in [3.05, 3.63) is 0 Å². The Morgan fingerprint density at radius 3 is 2.25 bits per heavy atom. The molecule has 0 bridgehead atoms. The molecule has 72 valence electrons. The number of aliphatic hydroxyl groups excluding tert-OH is 1. The van der Waals surface area contributed by atoms with Crippen LogP contribution in [0, 0.1) is 0 Å². The maximum Gasteiger partial charge on any atom is 0.506 e. The number of hydrogen-bond acceptors (Lipinski definition) is 3. The number of carboxylic acid groups (broad SMARTS) is 1. The van der Waals surface area contributed by atoms with Gasteiger partial charge >= 0.3 is 6.16 Å². The van der Waals surface area contributed by atoms with E-state index in [1.807, 2.05) is 21.1 Å². The van der Waals surface area contributed by atoms with Crippen molar-refractivity contribution in [3.63, 3.8) is 0 Å². The second-order valence-corrected chi connectivity index (χ2v) is 3.66. The summed E-state index contributed by atoms with van der Waals surface area (Å²) in [5.41, 5.74) is 0. The molecule has 1 atom stereocenters. The van der Waals surface area contributed by atoms with Crippen LogP contribution < -0.4 is 0 Å². The maximum atomic E-state index is 10.1. The van der Waals surface area contributed by atoms with E-state index in [-0.39, 0.29) is 6.61 Å². The van der Waals surface area contributed by atoms with Crippen molar-refractivity contribution in [2.24, 2.45) is 0 Å². The van der Waals surface area contributed by atoms with Crippen molar-refractivity contribution in [2.45, 2.75) is 6.10 Å². The van der Waals surface area contributed by atoms with Crippen LogP contribution in [0.5, 0.6) is 0 Å². The molecular formula is C7H16NO4+. The van der Waals surface area contributed by atoms with Gasteiger partial charge in [-0.3, -0.25) is 0 Å². The molecule has 0 heterocycles. The van der Waals surface area contributed by atoms with Gasteiger partial charge in [0.1, 0.15) is 6.54 Å². The van der Waals surface area contributed by atoms with Gasteiger partial charge in [-0.05, 0) is 0 Å². The first kappa shape index (κ1) is 11.2. The lowest BCUT2D eigenvalue weighted by Crippen LogP contribution is -2.44. The van der Waals surface area contributed by atoms with Crippen LogP contribution >= 0.6 is 0 Å². The minimum atomic E-state index is -1.34. The molecule has 0 aromatic rings. The van der Waals surface area contributed by atoms with Gasteiger partial charge in [-0.25, -0.2) is 4.79 Å². The lowest BCUT2D eigenvalue weighted by atomic mass is 10.3. The van der Waals surface area contributed by atoms with E-state index in [1.165, 1.54) is 0 Å². The SMILES string of the molecule is C[N+](C)(C)CC(CO)OC(=O)O. The van der Waals surface area contributed by atoms with Crippen LogP contribution in [-0.2, 0) is 4.74 Å². The molecule has 5 heteroatoms. The molecular weight excluding hydrogens is 162 g/mol. The van der Waals surface area contributed by atoms with E-state index in [0.29, 0.717) is 11.0 Å². The molecule has 0 aromatic carbocycles. The summed E-state index contributed by atoms with van der Waals surface area (Å²) in [5, 5.41) is 17.0. The van der Waals surface area contributed by atoms with Gasteiger partial charge in [0.15, 0.2) is 6.10 Å². The highest BCUT2D eigenvalue weighted by atomic mass is 16.7. The van der Waals surface area contributed by atoms with Gasteiger partial charge in [-0.1, -0.05) is 0 Å². The Hall–Kier alpha value is -0.810. The fraction of sp³-hybridized carbons (Fsp3) is 0.857. The zero-order valence-electron chi connectivity index (χ0n) is 7.65. The number of hydrogen-bond donors (Lipinski definition) is 2. The maximum absolute atomic E-state index is 10.1. The first-order chi connectivity index (χ1) is 5.35. The van der Waals surface area contributed by atoms with E-state index in [0.717, 1.165) is 0 Å². The Labute approximate surface area is 71.8 Å². The minimum absolute atomic E-state index is 0.276. The summed E-state index contributed by atoms with van der Waals surface area (Å²) in [6.07, 6.45) is -1.98. The summed E-state index contributed by atoms with van der Waals surface area (Å²) < 4.78 is 4.98. The second-order valence-electron chi connectivity index (χ2n) is 3.66. The van der Waals surface area contributed by atoms with Crippen LogP contribution in [0.1, 0.15) is 0 Å². The Bertz CT molecular complexity index is 152. The Balaban J connectivity index is 3.92. The van der Waals surface area contributed by atoms with Crippen LogP contribution in [0.15, 0.2) is 0 Å². The van der Waals surface area contributed by atoms with E-state index in [9.17, 15) is 4.79 Å². The molecule has 5 nitrogen and oxygen atoms in total. The molecule has 0 radical (unpaired) electrons. The summed E-state index contributed by atoms with van der Waals surface area (Å²) in [4.78, 5) is 10.1. The molecule has 0 amide bonds. The normalized spacial score (nSPS) is 14.0. The van der Waals surface area contributed by atoms with Gasteiger partial charge in [0.05, 0.1) is 27.7 Å². The van der Waals surface area contributed by atoms with Crippen molar-refractivity contribution < 1.29 is 24.2 Å². The summed E-state index contributed by atoms with van der Waals surface area (Å²) in [6.45, 7) is 0.185. The predicted octanol–water partition coefficient (Wildman–Crippen LogP) is -0.252. The number of rotatable bonds is 4. The average molecular weight is 178 g/mol. The number of quaternary nitrogens is 1. The molecule has 0 saturated carbocycles. The highest BCUT2D eigenvalue weighted by molar-refractivity contribution is 5.57. The Kier molecular flexibility index (Phi) is 3.99. The van der Waals surface area contributed by atoms with Crippen LogP contribution in [0.25, 0.3) is 0 Å². The average Bonchev–Trinajstić information content (AvgIpc) is 1.82. The zero-order valence-corrected chi connectivity index (χ0v) is 7.65. The molecule has 0 aliphatic carbocycles. The highest BCUT2D eigenvalue weighted by Gasteiger charge is 2.20. The molecule has 1 unspecified atom stereocenters. The first-order valence-electron chi connectivity index (χ1n) is 3.66. The second kappa shape index (κ2) is 4.27. The highest BCUT2D eigenvalue weighted by Crippen LogP contribution is 1.99. The molecule has 0 rings (SSSR count). The number of aliphatic hydroxyl groups is 1. The third kappa shape index (κ3) is 5.94. The molecule has 2 N–H and O–H groups in total. The van der Waals surface area contributed by atoms with Crippen LogP contribution in [-0.4, -0.2) is 61.3 Å². The van der Waals surface area contributed by atoms with Crippen molar-refractivity contribution >= 4 is 6.16 Å². The summed E-state index contributed by atoms with van der Waals surface area (Å²) in [7, 11) is 5.69. The smallest absolute Gasteiger partial charge is 0.450 e. The van der Waals surface area contributed by atoms with Crippen LogP contribution in [0.4, 0.5) is 4.79 Å². The molecule has 12 heavy (non-hydrogen) atoms. The van der Waals surface area contributed by atoms with Crippen molar-refractivity contribution in [3.8, 4) is 0 Å². The lowest BCUT2D eigenvalue weighted by Gasteiger charge is -2.27. The first-order valence-corrected chi connectivity index (χ1v) is 3.66. The molecule has 0 fully saturated rings. The van der Waals surface area contributed by atoms with Gasteiger partial charge in [0.25, 0.3) is 0 Å². The lowest BCUT2D eigenvalue weighted by molar-refractivity contribution is -0.873. The van der Waals surface area contributed by atoms with Gasteiger partial charge in [0, 0.05) is 0 Å². The summed E-state index contributed by atoms with van der Waals surface area (Å²) >= 11 is 0. The van der Waals surface area contributed by atoms with E-state index in [1.54, 1.807) is 0 Å². The predicted molar refractivity (Wildman–Crippen MR) is 42.9 cm³/mol. The van der Waals surface area contributed by atoms with Crippen molar-refractivity contribution in [1.82, 2.24) is 0 Å². The summed E-state index contributed by atoms with van der Waals surface area (Å²) in [6, 6.07) is 0. The fourth-order valence-electron chi connectivity index (χ4n) is 0.886. The monoisotopic (exact) mass is 178 g/mol. The fourth-order valence-corrected chi connectivity index (χ4v) is 0.886. The van der Waals surface area contributed by atoms with E-state index >= 15 is 0 Å². The van der Waals surface area contributed by atoms with E-state index in [4.69, 9.17) is 10.2 Å². The Morgan fingerprint density at radius 2 is 2.00 bits per heavy atom. The van der Waals surface area contributed by atoms with Crippen LogP contribution in [0.2, 0.25) is 0 Å². The largest absolute Gasteiger partial charge is 0.506 e. The molecule has 0 aliphatic rings. The number of nitrogens with zero attached hydrogens (tertiary/aromatic N) is 1. The molecule has 0 saturated heterocycles. The molecule has 0 spiro atoms. The van der Waals surface area contributed by atoms with Gasteiger partial charge in [-0.2, -0.15) is 0 Å². The van der Waals surface area contributed by atoms with Gasteiger partial charge < -0.3 is 19.4 Å². The third-order valence-electron chi connectivity index (χ3n) is 1.22. The van der Waals surface area contributed by atoms with Gasteiger partial charge in [-0.15, -0.1) is 0 Å². The van der Waals surface area contributed by atoms with E-state index < -0.39 is 12.3 Å². The molecule has 0 aliphatic heterocycles. The number of ether oxygens (including phenoxy) is 1. The topological polar surface area (TPSA) is 66.8 Å². The third-order valence-corrected chi connectivity index (χ3v) is 1.22. The van der Waals surface area contributed by atoms with Crippen molar-refractivity contribution in [2.75, 3.05) is 34.3 Å². The number of likely N-dealkylation sites (N-methyl/N-ethyl adjacent to an activating group) is 1. The van der Waals surface area contributed by atoms with E-state index in [2.05, 4.69) is 4.74 Å². The zero-order chi connectivity index (χ0) is 9.78. The Morgan fingerprint density at radius 1 is 1.50 bits per heavy atom. The number of carbonyl (C=O) groups is 1. The standard InChI is InChI=1S/C7H15NO4/c1-8(2,3)4-6(5-9)12-7(10)11/h6,9H,4-5H2,1-3H3/p+1. The van der Waals surface area contributed by atoms with Crippen LogP contribution in [0.3, 0.4) is 0 Å². The van der Waals surface area contributed by atoms with Gasteiger partial charge in [0.2, 0.25) is 0 Å². The quantitative estimate of drug-likeness (QED) is 0.460.